The van der Waals surface area contributed by atoms with E-state index in [2.05, 4.69) is 30.8 Å². The standard InChI is InChI=1S/C21H38N4O4S/c1-6-8-9-11-24(17(3)10-7-2)16-20(26)23-12-14-25(15-13-23)30(27,28)21-18(4)22-29-19(21)5/h17H,6-16H2,1-5H3. The molecule has 0 bridgehead atoms. The summed E-state index contributed by atoms with van der Waals surface area (Å²) in [5, 5.41) is 3.76. The molecule has 0 N–H and O–H groups in total. The lowest BCUT2D eigenvalue weighted by molar-refractivity contribution is -0.134. The van der Waals surface area contributed by atoms with Crippen LogP contribution in [0.2, 0.25) is 0 Å². The van der Waals surface area contributed by atoms with E-state index in [9.17, 15) is 13.2 Å². The fourth-order valence-corrected chi connectivity index (χ4v) is 5.76. The topological polar surface area (TPSA) is 87.0 Å². The van der Waals surface area contributed by atoms with Crippen molar-refractivity contribution in [1.82, 2.24) is 19.3 Å². The maximum absolute atomic E-state index is 13.0. The van der Waals surface area contributed by atoms with E-state index in [1.54, 1.807) is 18.7 Å². The van der Waals surface area contributed by atoms with Gasteiger partial charge in [-0.15, -0.1) is 0 Å². The lowest BCUT2D eigenvalue weighted by atomic mass is 10.1. The van der Waals surface area contributed by atoms with Crippen molar-refractivity contribution in [2.45, 2.75) is 77.7 Å². The number of carbonyl (C=O) groups is 1. The Morgan fingerprint density at radius 3 is 2.33 bits per heavy atom. The maximum atomic E-state index is 13.0. The van der Waals surface area contributed by atoms with Gasteiger partial charge in [-0.25, -0.2) is 8.42 Å². The molecule has 0 spiro atoms. The molecule has 1 amide bonds. The number of aryl methyl sites for hydroxylation is 2. The molecular weight excluding hydrogens is 404 g/mol. The third kappa shape index (κ3) is 6.04. The summed E-state index contributed by atoms with van der Waals surface area (Å²) in [6.45, 7) is 12.5. The van der Waals surface area contributed by atoms with E-state index < -0.39 is 10.0 Å². The summed E-state index contributed by atoms with van der Waals surface area (Å²) in [6, 6.07) is 0.372. The first kappa shape index (κ1) is 24.8. The Bertz CT molecular complexity index is 765. The molecule has 0 saturated carbocycles. The summed E-state index contributed by atoms with van der Waals surface area (Å²) in [4.78, 5) is 17.2. The highest BCUT2D eigenvalue weighted by molar-refractivity contribution is 7.89. The Balaban J connectivity index is 1.96. The largest absolute Gasteiger partial charge is 0.360 e. The van der Waals surface area contributed by atoms with Gasteiger partial charge in [0, 0.05) is 32.2 Å². The molecule has 2 heterocycles. The molecule has 30 heavy (non-hydrogen) atoms. The molecule has 172 valence electrons. The molecule has 1 aliphatic rings. The van der Waals surface area contributed by atoms with Gasteiger partial charge in [-0.05, 0) is 40.2 Å². The predicted molar refractivity (Wildman–Crippen MR) is 117 cm³/mol. The first-order chi connectivity index (χ1) is 14.2. The highest BCUT2D eigenvalue weighted by atomic mass is 32.2. The number of nitrogens with zero attached hydrogens (tertiary/aromatic N) is 4. The second-order valence-electron chi connectivity index (χ2n) is 8.25. The molecule has 1 aliphatic heterocycles. The van der Waals surface area contributed by atoms with Gasteiger partial charge in [0.1, 0.15) is 10.6 Å². The van der Waals surface area contributed by atoms with Gasteiger partial charge in [-0.1, -0.05) is 38.3 Å². The Morgan fingerprint density at radius 2 is 1.80 bits per heavy atom. The average Bonchev–Trinajstić information content (AvgIpc) is 3.06. The lowest BCUT2D eigenvalue weighted by Crippen LogP contribution is -2.53. The van der Waals surface area contributed by atoms with Crippen LogP contribution in [0.4, 0.5) is 0 Å². The van der Waals surface area contributed by atoms with E-state index in [1.165, 1.54) is 10.7 Å². The minimum absolute atomic E-state index is 0.0869. The number of carbonyl (C=O) groups excluding carboxylic acids is 1. The first-order valence-electron chi connectivity index (χ1n) is 11.2. The molecule has 1 unspecified atom stereocenters. The average molecular weight is 443 g/mol. The second kappa shape index (κ2) is 11.2. The molecule has 1 fully saturated rings. The van der Waals surface area contributed by atoms with Crippen molar-refractivity contribution >= 4 is 15.9 Å². The number of hydrogen-bond acceptors (Lipinski definition) is 6. The third-order valence-corrected chi connectivity index (χ3v) is 8.02. The smallest absolute Gasteiger partial charge is 0.248 e. The van der Waals surface area contributed by atoms with Gasteiger partial charge in [0.2, 0.25) is 15.9 Å². The SMILES string of the molecule is CCCCCN(CC(=O)N1CCN(S(=O)(=O)c2c(C)noc2C)CC1)C(C)CCC. The summed E-state index contributed by atoms with van der Waals surface area (Å²) in [6.07, 6.45) is 5.59. The highest BCUT2D eigenvalue weighted by Crippen LogP contribution is 2.24. The van der Waals surface area contributed by atoms with E-state index in [-0.39, 0.29) is 10.8 Å². The van der Waals surface area contributed by atoms with Crippen LogP contribution in [-0.2, 0) is 14.8 Å². The Hall–Kier alpha value is -1.45. The molecule has 1 aromatic rings. The van der Waals surface area contributed by atoms with Crippen LogP contribution in [-0.4, -0.2) is 78.9 Å². The van der Waals surface area contributed by atoms with Crippen molar-refractivity contribution in [3.8, 4) is 0 Å². The van der Waals surface area contributed by atoms with Crippen molar-refractivity contribution < 1.29 is 17.7 Å². The van der Waals surface area contributed by atoms with Crippen molar-refractivity contribution in [3.05, 3.63) is 11.5 Å². The zero-order valence-corrected chi connectivity index (χ0v) is 20.0. The van der Waals surface area contributed by atoms with Crippen molar-refractivity contribution in [1.29, 1.82) is 0 Å². The number of hydrogen-bond donors (Lipinski definition) is 0. The molecule has 1 aromatic heterocycles. The maximum Gasteiger partial charge on any atom is 0.248 e. The molecule has 8 nitrogen and oxygen atoms in total. The number of sulfonamides is 1. The quantitative estimate of drug-likeness (QED) is 0.490. The summed E-state index contributed by atoms with van der Waals surface area (Å²) in [5.41, 5.74) is 0.374. The highest BCUT2D eigenvalue weighted by Gasteiger charge is 2.34. The lowest BCUT2D eigenvalue weighted by Gasteiger charge is -2.36. The van der Waals surface area contributed by atoms with Crippen LogP contribution < -0.4 is 0 Å². The fraction of sp³-hybridized carbons (Fsp3) is 0.810. The molecule has 0 radical (unpaired) electrons. The van der Waals surface area contributed by atoms with E-state index >= 15 is 0 Å². The Labute approximate surface area is 181 Å². The minimum atomic E-state index is -3.66. The van der Waals surface area contributed by atoms with Crippen molar-refractivity contribution in [3.63, 3.8) is 0 Å². The summed E-state index contributed by atoms with van der Waals surface area (Å²) >= 11 is 0. The number of rotatable bonds is 11. The van der Waals surface area contributed by atoms with E-state index in [0.717, 1.165) is 32.2 Å². The Kier molecular flexibility index (Phi) is 9.31. The number of aromatic nitrogens is 1. The van der Waals surface area contributed by atoms with Crippen LogP contribution >= 0.6 is 0 Å². The van der Waals surface area contributed by atoms with E-state index in [1.807, 2.05) is 0 Å². The van der Waals surface area contributed by atoms with Crippen molar-refractivity contribution in [2.24, 2.45) is 0 Å². The molecular formula is C21H38N4O4S. The first-order valence-corrected chi connectivity index (χ1v) is 12.6. The normalized spacial score (nSPS) is 16.9. The van der Waals surface area contributed by atoms with Crippen LogP contribution in [0, 0.1) is 13.8 Å². The zero-order chi connectivity index (χ0) is 22.3. The molecule has 1 saturated heterocycles. The zero-order valence-electron chi connectivity index (χ0n) is 19.2. The van der Waals surface area contributed by atoms with Gasteiger partial charge < -0.3 is 9.42 Å². The van der Waals surface area contributed by atoms with Crippen molar-refractivity contribution in [2.75, 3.05) is 39.3 Å². The van der Waals surface area contributed by atoms with Gasteiger partial charge in [0.15, 0.2) is 5.76 Å². The molecule has 0 aliphatic carbocycles. The number of piperazine rings is 1. The Morgan fingerprint density at radius 1 is 1.13 bits per heavy atom. The van der Waals surface area contributed by atoms with Gasteiger partial charge in [0.25, 0.3) is 0 Å². The van der Waals surface area contributed by atoms with E-state index in [4.69, 9.17) is 4.52 Å². The minimum Gasteiger partial charge on any atom is -0.360 e. The van der Waals surface area contributed by atoms with Gasteiger partial charge in [0.05, 0.1) is 6.54 Å². The monoisotopic (exact) mass is 442 g/mol. The fourth-order valence-electron chi connectivity index (χ4n) is 4.04. The van der Waals surface area contributed by atoms with Crippen LogP contribution in [0.25, 0.3) is 0 Å². The van der Waals surface area contributed by atoms with Gasteiger partial charge >= 0.3 is 0 Å². The predicted octanol–water partition coefficient (Wildman–Crippen LogP) is 2.81. The molecule has 2 rings (SSSR count). The van der Waals surface area contributed by atoms with Gasteiger partial charge in [-0.2, -0.15) is 4.31 Å². The van der Waals surface area contributed by atoms with Crippen LogP contribution in [0.15, 0.2) is 9.42 Å². The van der Waals surface area contributed by atoms with Crippen LogP contribution in [0.3, 0.4) is 0 Å². The second-order valence-corrected chi connectivity index (χ2v) is 10.1. The van der Waals surface area contributed by atoms with Crippen LogP contribution in [0.1, 0.15) is 64.3 Å². The van der Waals surface area contributed by atoms with Gasteiger partial charge in [-0.3, -0.25) is 9.69 Å². The number of amides is 1. The molecule has 1 atom stereocenters. The third-order valence-electron chi connectivity index (χ3n) is 5.87. The summed E-state index contributed by atoms with van der Waals surface area (Å²) < 4.78 is 32.4. The molecule has 0 aromatic carbocycles. The van der Waals surface area contributed by atoms with Crippen LogP contribution in [0.5, 0.6) is 0 Å². The number of unbranched alkanes of at least 4 members (excludes halogenated alkanes) is 2. The van der Waals surface area contributed by atoms with E-state index in [0.29, 0.717) is 50.2 Å². The molecule has 9 heteroatoms. The summed E-state index contributed by atoms with van der Waals surface area (Å²) in [5.74, 6) is 0.391. The summed E-state index contributed by atoms with van der Waals surface area (Å²) in [7, 11) is -3.66.